The number of hydrogen-bond acceptors (Lipinski definition) is 2. The van der Waals surface area contributed by atoms with E-state index in [1.54, 1.807) is 4.90 Å². The maximum atomic E-state index is 11.4. The largest absolute Gasteiger partial charge is 0.341 e. The first-order valence-corrected chi connectivity index (χ1v) is 4.42. The average molecular weight is 179 g/mol. The first-order chi connectivity index (χ1) is 6.18. The third-order valence-electron chi connectivity index (χ3n) is 2.56. The molecule has 1 aliphatic heterocycles. The Bertz CT molecular complexity index is 343. The molecular formula is C9H13N3O. The molecule has 4 nitrogen and oxygen atoms in total. The number of carbonyl (C=O) groups excluding carboxylic acids is 1. The molecule has 0 unspecified atom stereocenters. The van der Waals surface area contributed by atoms with Crippen LogP contribution >= 0.6 is 0 Å². The summed E-state index contributed by atoms with van der Waals surface area (Å²) >= 11 is 0. The highest BCUT2D eigenvalue weighted by molar-refractivity contribution is 5.76. The Morgan fingerprint density at radius 3 is 2.92 bits per heavy atom. The van der Waals surface area contributed by atoms with Crippen molar-refractivity contribution in [3.8, 4) is 0 Å². The number of aromatic nitrogens is 2. The molecule has 0 N–H and O–H groups in total. The quantitative estimate of drug-likeness (QED) is 0.575. The third kappa shape index (κ3) is 1.32. The molecular weight excluding hydrogens is 166 g/mol. The van der Waals surface area contributed by atoms with E-state index < -0.39 is 0 Å². The van der Waals surface area contributed by atoms with Gasteiger partial charge in [0.25, 0.3) is 0 Å². The van der Waals surface area contributed by atoms with Gasteiger partial charge in [0.05, 0.1) is 6.20 Å². The van der Waals surface area contributed by atoms with E-state index in [1.165, 1.54) is 11.3 Å². The molecule has 2 heterocycles. The molecule has 1 aromatic heterocycles. The van der Waals surface area contributed by atoms with Crippen molar-refractivity contribution in [2.75, 3.05) is 7.05 Å². The van der Waals surface area contributed by atoms with Crippen molar-refractivity contribution in [1.29, 1.82) is 0 Å². The molecule has 1 aliphatic rings. The lowest BCUT2D eigenvalue weighted by Crippen LogP contribution is -2.24. The Morgan fingerprint density at radius 1 is 1.38 bits per heavy atom. The van der Waals surface area contributed by atoms with Gasteiger partial charge in [-0.2, -0.15) is 5.10 Å². The fourth-order valence-electron chi connectivity index (χ4n) is 1.72. The zero-order valence-electron chi connectivity index (χ0n) is 7.95. The number of carbonyl (C=O) groups is 1. The van der Waals surface area contributed by atoms with Crippen LogP contribution in [0.25, 0.3) is 0 Å². The summed E-state index contributed by atoms with van der Waals surface area (Å²) in [7, 11) is 3.76. The van der Waals surface area contributed by atoms with Crippen molar-refractivity contribution in [3.05, 3.63) is 17.5 Å². The molecule has 0 fully saturated rings. The molecule has 0 aliphatic carbocycles. The molecule has 0 radical (unpaired) electrons. The van der Waals surface area contributed by atoms with E-state index in [-0.39, 0.29) is 5.91 Å². The van der Waals surface area contributed by atoms with E-state index in [9.17, 15) is 4.79 Å². The Kier molecular flexibility index (Phi) is 1.83. The van der Waals surface area contributed by atoms with Gasteiger partial charge in [0.1, 0.15) is 0 Å². The number of nitrogens with zero attached hydrogens (tertiary/aromatic N) is 3. The Labute approximate surface area is 77.1 Å². The van der Waals surface area contributed by atoms with Crippen LogP contribution in [-0.2, 0) is 24.8 Å². The molecule has 0 atom stereocenters. The van der Waals surface area contributed by atoms with Crippen LogP contribution in [0.5, 0.6) is 0 Å². The highest BCUT2D eigenvalue weighted by Gasteiger charge is 2.19. The zero-order chi connectivity index (χ0) is 9.42. The van der Waals surface area contributed by atoms with E-state index in [4.69, 9.17) is 0 Å². The average Bonchev–Trinajstić information content (AvgIpc) is 2.36. The van der Waals surface area contributed by atoms with Crippen LogP contribution in [0.4, 0.5) is 0 Å². The Hall–Kier alpha value is -1.32. The predicted molar refractivity (Wildman–Crippen MR) is 48.0 cm³/mol. The van der Waals surface area contributed by atoms with Crippen LogP contribution in [0.15, 0.2) is 6.20 Å². The predicted octanol–water partition coefficient (Wildman–Crippen LogP) is 0.325. The molecule has 0 saturated heterocycles. The lowest BCUT2D eigenvalue weighted by molar-refractivity contribution is -0.130. The number of hydrogen-bond donors (Lipinski definition) is 0. The van der Waals surface area contributed by atoms with Crippen molar-refractivity contribution in [2.45, 2.75) is 19.4 Å². The summed E-state index contributed by atoms with van der Waals surface area (Å²) in [6.07, 6.45) is 3.27. The fraction of sp³-hybridized carbons (Fsp3) is 0.556. The standard InChI is InChI=1S/C9H13N3O/c1-11-6-7-5-10-12(2)8(7)3-4-9(11)13/h5H,3-4,6H2,1-2H3. The minimum absolute atomic E-state index is 0.219. The zero-order valence-corrected chi connectivity index (χ0v) is 7.95. The number of amides is 1. The van der Waals surface area contributed by atoms with Crippen molar-refractivity contribution in [3.63, 3.8) is 0 Å². The molecule has 70 valence electrons. The number of aryl methyl sites for hydroxylation is 1. The third-order valence-corrected chi connectivity index (χ3v) is 2.56. The van der Waals surface area contributed by atoms with Crippen molar-refractivity contribution >= 4 is 5.91 Å². The van der Waals surface area contributed by atoms with E-state index in [1.807, 2.05) is 25.0 Å². The van der Waals surface area contributed by atoms with Crippen LogP contribution in [0.2, 0.25) is 0 Å². The topological polar surface area (TPSA) is 38.1 Å². The molecule has 1 amide bonds. The Balaban J connectivity index is 2.36. The highest BCUT2D eigenvalue weighted by Crippen LogP contribution is 2.16. The van der Waals surface area contributed by atoms with Crippen molar-refractivity contribution < 1.29 is 4.79 Å². The molecule has 2 rings (SSSR count). The van der Waals surface area contributed by atoms with Gasteiger partial charge in [-0.3, -0.25) is 9.48 Å². The molecule has 4 heteroatoms. The first-order valence-electron chi connectivity index (χ1n) is 4.42. The highest BCUT2D eigenvalue weighted by atomic mass is 16.2. The normalized spacial score (nSPS) is 17.1. The fourth-order valence-corrected chi connectivity index (χ4v) is 1.72. The summed E-state index contributed by atoms with van der Waals surface area (Å²) in [5, 5.41) is 4.18. The minimum Gasteiger partial charge on any atom is -0.341 e. The van der Waals surface area contributed by atoms with Crippen molar-refractivity contribution in [2.24, 2.45) is 7.05 Å². The minimum atomic E-state index is 0.219. The van der Waals surface area contributed by atoms with E-state index >= 15 is 0 Å². The lowest BCUT2D eigenvalue weighted by Gasteiger charge is -2.12. The summed E-state index contributed by atoms with van der Waals surface area (Å²) < 4.78 is 1.86. The molecule has 0 bridgehead atoms. The van der Waals surface area contributed by atoms with Crippen molar-refractivity contribution in [1.82, 2.24) is 14.7 Å². The van der Waals surface area contributed by atoms with Gasteiger partial charge >= 0.3 is 0 Å². The second-order valence-electron chi connectivity index (χ2n) is 3.49. The van der Waals surface area contributed by atoms with Gasteiger partial charge in [-0.05, 0) is 6.42 Å². The van der Waals surface area contributed by atoms with Crippen LogP contribution in [0.3, 0.4) is 0 Å². The van der Waals surface area contributed by atoms with E-state index in [0.29, 0.717) is 13.0 Å². The summed E-state index contributed by atoms with van der Waals surface area (Å²) in [5.41, 5.74) is 2.37. The summed E-state index contributed by atoms with van der Waals surface area (Å²) in [6, 6.07) is 0. The summed E-state index contributed by atoms with van der Waals surface area (Å²) in [6.45, 7) is 0.696. The van der Waals surface area contributed by atoms with Gasteiger partial charge < -0.3 is 4.90 Å². The molecule has 0 spiro atoms. The van der Waals surface area contributed by atoms with Gasteiger partial charge in [0.2, 0.25) is 5.91 Å². The van der Waals surface area contributed by atoms with Gasteiger partial charge in [-0.25, -0.2) is 0 Å². The maximum absolute atomic E-state index is 11.4. The number of fused-ring (bicyclic) bond motifs is 1. The molecule has 0 aromatic carbocycles. The van der Waals surface area contributed by atoms with Crippen LogP contribution in [-0.4, -0.2) is 27.6 Å². The SMILES string of the molecule is CN1Cc2cnn(C)c2CCC1=O. The summed E-state index contributed by atoms with van der Waals surface area (Å²) in [5.74, 6) is 0.219. The number of rotatable bonds is 0. The molecule has 13 heavy (non-hydrogen) atoms. The van der Waals surface area contributed by atoms with Crippen LogP contribution in [0, 0.1) is 0 Å². The lowest BCUT2D eigenvalue weighted by atomic mass is 10.2. The summed E-state index contributed by atoms with van der Waals surface area (Å²) in [4.78, 5) is 13.1. The van der Waals surface area contributed by atoms with E-state index in [2.05, 4.69) is 5.10 Å². The van der Waals surface area contributed by atoms with Gasteiger partial charge in [0, 0.05) is 38.3 Å². The van der Waals surface area contributed by atoms with Crippen LogP contribution < -0.4 is 0 Å². The second kappa shape index (κ2) is 2.87. The van der Waals surface area contributed by atoms with E-state index in [0.717, 1.165) is 6.42 Å². The second-order valence-corrected chi connectivity index (χ2v) is 3.49. The Morgan fingerprint density at radius 2 is 2.15 bits per heavy atom. The smallest absolute Gasteiger partial charge is 0.223 e. The van der Waals surface area contributed by atoms with Gasteiger partial charge in [-0.1, -0.05) is 0 Å². The first kappa shape index (κ1) is 8.29. The van der Waals surface area contributed by atoms with Crippen LogP contribution in [0.1, 0.15) is 17.7 Å². The maximum Gasteiger partial charge on any atom is 0.223 e. The monoisotopic (exact) mass is 179 g/mol. The van der Waals surface area contributed by atoms with Gasteiger partial charge in [-0.15, -0.1) is 0 Å². The van der Waals surface area contributed by atoms with Gasteiger partial charge in [0.15, 0.2) is 0 Å². The molecule has 0 saturated carbocycles. The molecule has 1 aromatic rings.